The van der Waals surface area contributed by atoms with Crippen molar-refractivity contribution in [1.29, 1.82) is 0 Å². The van der Waals surface area contributed by atoms with E-state index in [0.29, 0.717) is 36.2 Å². The first-order chi connectivity index (χ1) is 10.2. The number of hydrogen-bond donors (Lipinski definition) is 1. The second kappa shape index (κ2) is 7.08. The van der Waals surface area contributed by atoms with Gasteiger partial charge in [0.25, 0.3) is 0 Å². The number of benzene rings is 1. The average molecular weight is 291 g/mol. The molecule has 0 spiro atoms. The van der Waals surface area contributed by atoms with Crippen LogP contribution in [0.4, 0.5) is 0 Å². The Balaban J connectivity index is 2.11. The molecule has 2 N–H and O–H groups in total. The Kier molecular flexibility index (Phi) is 5.16. The van der Waals surface area contributed by atoms with Gasteiger partial charge in [0.1, 0.15) is 0 Å². The van der Waals surface area contributed by atoms with Crippen LogP contribution in [-0.4, -0.2) is 30.9 Å². The van der Waals surface area contributed by atoms with Crippen molar-refractivity contribution in [2.45, 2.75) is 25.7 Å². The van der Waals surface area contributed by atoms with Gasteiger partial charge >= 0.3 is 0 Å². The van der Waals surface area contributed by atoms with E-state index < -0.39 is 0 Å². The molecule has 0 aliphatic heterocycles. The minimum atomic E-state index is 0.182. The summed E-state index contributed by atoms with van der Waals surface area (Å²) in [6, 6.07) is 5.74. The standard InChI is InChI=1S/C15H21N3O3/c1-10(6-7-16)15-17-14(18-21-15)9-11-4-5-12(19-2)13(8-11)20-3/h4-5,8,10H,6-7,9,16H2,1-3H3. The maximum absolute atomic E-state index is 5.54. The second-order valence-corrected chi connectivity index (χ2v) is 4.89. The van der Waals surface area contributed by atoms with Crippen LogP contribution in [0.3, 0.4) is 0 Å². The van der Waals surface area contributed by atoms with Gasteiger partial charge in [0.2, 0.25) is 5.89 Å². The van der Waals surface area contributed by atoms with E-state index in [2.05, 4.69) is 10.1 Å². The molecule has 0 saturated heterocycles. The van der Waals surface area contributed by atoms with Crippen molar-refractivity contribution in [3.63, 3.8) is 0 Å². The van der Waals surface area contributed by atoms with E-state index in [9.17, 15) is 0 Å². The van der Waals surface area contributed by atoms with Crippen LogP contribution in [0, 0.1) is 0 Å². The van der Waals surface area contributed by atoms with Crippen LogP contribution in [-0.2, 0) is 6.42 Å². The quantitative estimate of drug-likeness (QED) is 0.841. The summed E-state index contributed by atoms with van der Waals surface area (Å²) in [5, 5.41) is 4.01. The van der Waals surface area contributed by atoms with Gasteiger partial charge in [0.05, 0.1) is 14.2 Å². The number of rotatable bonds is 7. The summed E-state index contributed by atoms with van der Waals surface area (Å²) in [7, 11) is 3.23. The van der Waals surface area contributed by atoms with E-state index in [1.165, 1.54) is 0 Å². The predicted molar refractivity (Wildman–Crippen MR) is 78.7 cm³/mol. The molecule has 0 radical (unpaired) electrons. The molecule has 1 heterocycles. The molecule has 0 aliphatic carbocycles. The molecule has 0 aliphatic rings. The van der Waals surface area contributed by atoms with Crippen LogP contribution >= 0.6 is 0 Å². The Hall–Kier alpha value is -2.08. The van der Waals surface area contributed by atoms with Gasteiger partial charge in [-0.25, -0.2) is 0 Å². The lowest BCUT2D eigenvalue weighted by molar-refractivity contribution is 0.351. The highest BCUT2D eigenvalue weighted by Crippen LogP contribution is 2.28. The molecule has 2 aromatic rings. The van der Waals surface area contributed by atoms with Crippen molar-refractivity contribution in [2.75, 3.05) is 20.8 Å². The molecular weight excluding hydrogens is 270 g/mol. The molecule has 6 nitrogen and oxygen atoms in total. The zero-order valence-electron chi connectivity index (χ0n) is 12.6. The third kappa shape index (κ3) is 3.72. The van der Waals surface area contributed by atoms with Crippen LogP contribution in [0.25, 0.3) is 0 Å². The van der Waals surface area contributed by atoms with E-state index >= 15 is 0 Å². The van der Waals surface area contributed by atoms with Crippen LogP contribution in [0.2, 0.25) is 0 Å². The van der Waals surface area contributed by atoms with Gasteiger partial charge < -0.3 is 19.7 Å². The van der Waals surface area contributed by atoms with Gasteiger partial charge in [-0.05, 0) is 30.7 Å². The summed E-state index contributed by atoms with van der Waals surface area (Å²) in [6.07, 6.45) is 1.41. The number of nitrogens with two attached hydrogens (primary N) is 1. The molecule has 1 atom stereocenters. The summed E-state index contributed by atoms with van der Waals surface area (Å²) in [6.45, 7) is 2.63. The number of ether oxygens (including phenoxy) is 2. The Morgan fingerprint density at radius 3 is 2.67 bits per heavy atom. The van der Waals surface area contributed by atoms with Crippen LogP contribution in [0.15, 0.2) is 22.7 Å². The first-order valence-corrected chi connectivity index (χ1v) is 6.91. The number of methoxy groups -OCH3 is 2. The van der Waals surface area contributed by atoms with E-state index in [-0.39, 0.29) is 5.92 Å². The highest BCUT2D eigenvalue weighted by molar-refractivity contribution is 5.43. The third-order valence-electron chi connectivity index (χ3n) is 3.32. The molecule has 114 valence electrons. The second-order valence-electron chi connectivity index (χ2n) is 4.89. The van der Waals surface area contributed by atoms with Gasteiger partial charge in [-0.1, -0.05) is 18.1 Å². The summed E-state index contributed by atoms with van der Waals surface area (Å²) < 4.78 is 15.8. The number of nitrogens with zero attached hydrogens (tertiary/aromatic N) is 2. The molecule has 21 heavy (non-hydrogen) atoms. The lowest BCUT2D eigenvalue weighted by atomic mass is 10.1. The van der Waals surface area contributed by atoms with Crippen molar-refractivity contribution in [2.24, 2.45) is 5.73 Å². The van der Waals surface area contributed by atoms with Gasteiger partial charge in [0, 0.05) is 12.3 Å². The van der Waals surface area contributed by atoms with Crippen LogP contribution in [0.1, 0.15) is 36.5 Å². The maximum Gasteiger partial charge on any atom is 0.229 e. The summed E-state index contributed by atoms with van der Waals surface area (Å²) >= 11 is 0. The fraction of sp³-hybridized carbons (Fsp3) is 0.467. The lowest BCUT2D eigenvalue weighted by Crippen LogP contribution is -2.04. The highest BCUT2D eigenvalue weighted by atomic mass is 16.5. The van der Waals surface area contributed by atoms with Gasteiger partial charge in [-0.2, -0.15) is 4.98 Å². The van der Waals surface area contributed by atoms with E-state index in [0.717, 1.165) is 12.0 Å². The monoisotopic (exact) mass is 291 g/mol. The van der Waals surface area contributed by atoms with Crippen LogP contribution < -0.4 is 15.2 Å². The minimum absolute atomic E-state index is 0.182. The molecule has 1 aromatic carbocycles. The molecular formula is C15H21N3O3. The van der Waals surface area contributed by atoms with Crippen molar-refractivity contribution < 1.29 is 14.0 Å². The first kappa shape index (κ1) is 15.3. The fourth-order valence-corrected chi connectivity index (χ4v) is 2.09. The van der Waals surface area contributed by atoms with E-state index in [1.54, 1.807) is 14.2 Å². The zero-order valence-corrected chi connectivity index (χ0v) is 12.6. The summed E-state index contributed by atoms with van der Waals surface area (Å²) in [5.74, 6) is 2.86. The van der Waals surface area contributed by atoms with E-state index in [1.807, 2.05) is 25.1 Å². The van der Waals surface area contributed by atoms with Crippen molar-refractivity contribution >= 4 is 0 Å². The number of aromatic nitrogens is 2. The third-order valence-corrected chi connectivity index (χ3v) is 3.32. The topological polar surface area (TPSA) is 83.4 Å². The normalized spacial score (nSPS) is 12.2. The van der Waals surface area contributed by atoms with Gasteiger partial charge in [0.15, 0.2) is 17.3 Å². The average Bonchev–Trinajstić information content (AvgIpc) is 2.96. The summed E-state index contributed by atoms with van der Waals surface area (Å²) in [4.78, 5) is 4.42. The smallest absolute Gasteiger partial charge is 0.229 e. The first-order valence-electron chi connectivity index (χ1n) is 6.91. The fourth-order valence-electron chi connectivity index (χ4n) is 2.09. The van der Waals surface area contributed by atoms with Crippen LogP contribution in [0.5, 0.6) is 11.5 Å². The Labute approximate surface area is 124 Å². The molecule has 0 saturated carbocycles. The minimum Gasteiger partial charge on any atom is -0.493 e. The Morgan fingerprint density at radius 2 is 2.00 bits per heavy atom. The number of hydrogen-bond acceptors (Lipinski definition) is 6. The van der Waals surface area contributed by atoms with Gasteiger partial charge in [-0.15, -0.1) is 0 Å². The lowest BCUT2D eigenvalue weighted by Gasteiger charge is -2.08. The molecule has 1 unspecified atom stereocenters. The molecule has 0 amide bonds. The van der Waals surface area contributed by atoms with Gasteiger partial charge in [-0.3, -0.25) is 0 Å². The SMILES string of the molecule is COc1ccc(Cc2noc(C(C)CCN)n2)cc1OC. The van der Waals surface area contributed by atoms with Crippen molar-refractivity contribution in [1.82, 2.24) is 10.1 Å². The molecule has 1 aromatic heterocycles. The molecule has 0 bridgehead atoms. The van der Waals surface area contributed by atoms with E-state index in [4.69, 9.17) is 19.7 Å². The largest absolute Gasteiger partial charge is 0.493 e. The van der Waals surface area contributed by atoms with Crippen molar-refractivity contribution in [3.05, 3.63) is 35.5 Å². The Morgan fingerprint density at radius 1 is 1.24 bits per heavy atom. The zero-order chi connectivity index (χ0) is 15.2. The molecule has 2 rings (SSSR count). The van der Waals surface area contributed by atoms with Crippen molar-refractivity contribution in [3.8, 4) is 11.5 Å². The highest BCUT2D eigenvalue weighted by Gasteiger charge is 2.14. The Bertz CT molecular complexity index is 583. The molecule has 6 heteroatoms. The predicted octanol–water partition coefficient (Wildman–Crippen LogP) is 2.13. The maximum atomic E-state index is 5.54. The molecule has 0 fully saturated rings. The summed E-state index contributed by atoms with van der Waals surface area (Å²) in [5.41, 5.74) is 6.57.